The number of nitrogens with one attached hydrogen (secondary N) is 3. The van der Waals surface area contributed by atoms with E-state index >= 15 is 0 Å². The quantitative estimate of drug-likeness (QED) is 0.434. The second-order valence-electron chi connectivity index (χ2n) is 7.37. The number of phenolic OH excluding ortho intramolecular Hbond substituents is 1. The first kappa shape index (κ1) is 21.8. The van der Waals surface area contributed by atoms with Gasteiger partial charge in [-0.3, -0.25) is 14.2 Å². The van der Waals surface area contributed by atoms with Gasteiger partial charge >= 0.3 is 0 Å². The molecule has 1 aliphatic rings. The summed E-state index contributed by atoms with van der Waals surface area (Å²) < 4.78 is 1.42. The molecule has 0 aliphatic carbocycles. The van der Waals surface area contributed by atoms with E-state index in [1.807, 2.05) is 0 Å². The molecule has 8 nitrogen and oxygen atoms in total. The van der Waals surface area contributed by atoms with Crippen molar-refractivity contribution >= 4 is 45.7 Å². The zero-order valence-electron chi connectivity index (χ0n) is 17.3. The maximum absolute atomic E-state index is 13.2. The number of rotatable bonds is 4. The molecule has 3 aromatic rings. The van der Waals surface area contributed by atoms with E-state index in [0.29, 0.717) is 38.7 Å². The predicted octanol–water partition coefficient (Wildman–Crippen LogP) is 2.40. The first-order valence-corrected chi connectivity index (χ1v) is 10.5. The second kappa shape index (κ2) is 8.60. The Morgan fingerprint density at radius 3 is 2.81 bits per heavy atom. The van der Waals surface area contributed by atoms with E-state index in [2.05, 4.69) is 20.9 Å². The van der Waals surface area contributed by atoms with Crippen molar-refractivity contribution in [1.29, 1.82) is 0 Å². The summed E-state index contributed by atoms with van der Waals surface area (Å²) >= 11 is 11.3. The smallest absolute Gasteiger partial charge is 0.261 e. The van der Waals surface area contributed by atoms with E-state index in [0.717, 1.165) is 0 Å². The summed E-state index contributed by atoms with van der Waals surface area (Å²) in [6.45, 7) is 1.81. The van der Waals surface area contributed by atoms with Crippen molar-refractivity contribution in [3.05, 3.63) is 80.5 Å². The number of thiocarbonyl (C=S) groups is 1. The van der Waals surface area contributed by atoms with Crippen molar-refractivity contribution in [3.8, 4) is 5.75 Å². The number of carbonyl (C=O) groups excluding carboxylic acids is 1. The molecule has 0 radical (unpaired) electrons. The van der Waals surface area contributed by atoms with Crippen LogP contribution in [-0.4, -0.2) is 25.7 Å². The first-order valence-electron chi connectivity index (χ1n) is 9.76. The topological polar surface area (TPSA) is 108 Å². The number of halogens is 1. The van der Waals surface area contributed by atoms with Gasteiger partial charge in [-0.1, -0.05) is 29.8 Å². The third-order valence-corrected chi connectivity index (χ3v) is 5.82. The molecule has 1 amide bonds. The fourth-order valence-electron chi connectivity index (χ4n) is 3.62. The van der Waals surface area contributed by atoms with Gasteiger partial charge in [-0.25, -0.2) is 4.98 Å². The van der Waals surface area contributed by atoms with Crippen LogP contribution < -0.4 is 21.5 Å². The summed E-state index contributed by atoms with van der Waals surface area (Å²) in [4.78, 5) is 30.3. The molecular formula is C22H20ClN5O3S. The van der Waals surface area contributed by atoms with Gasteiger partial charge < -0.3 is 21.1 Å². The number of para-hydroxylation sites is 1. The highest BCUT2D eigenvalue weighted by molar-refractivity contribution is 7.80. The van der Waals surface area contributed by atoms with Gasteiger partial charge in [-0.15, -0.1) is 0 Å². The van der Waals surface area contributed by atoms with E-state index in [1.165, 1.54) is 10.6 Å². The highest BCUT2D eigenvalue weighted by atomic mass is 35.5. The highest BCUT2D eigenvalue weighted by Crippen LogP contribution is 2.32. The number of aromatic hydroxyl groups is 1. The number of aromatic nitrogens is 2. The van der Waals surface area contributed by atoms with Crippen LogP contribution in [0.15, 0.2) is 58.5 Å². The maximum Gasteiger partial charge on any atom is 0.261 e. The number of allylic oxidation sites excluding steroid dienone is 1. The molecule has 1 aromatic heterocycles. The molecule has 2 heterocycles. The van der Waals surface area contributed by atoms with Crippen LogP contribution in [-0.2, 0) is 18.4 Å². The Bertz CT molecular complexity index is 1350. The molecule has 4 N–H and O–H groups in total. The molecule has 4 rings (SSSR count). The largest absolute Gasteiger partial charge is 0.506 e. The van der Waals surface area contributed by atoms with Crippen LogP contribution in [0.25, 0.3) is 10.9 Å². The lowest BCUT2D eigenvalue weighted by Crippen LogP contribution is -2.46. The molecular weight excluding hydrogens is 450 g/mol. The molecule has 0 spiro atoms. The third kappa shape index (κ3) is 4.04. The van der Waals surface area contributed by atoms with Gasteiger partial charge in [0.15, 0.2) is 5.11 Å². The Kier molecular flexibility index (Phi) is 5.86. The molecule has 1 atom stereocenters. The fourth-order valence-corrected chi connectivity index (χ4v) is 4.08. The number of hydrogen-bond acceptors (Lipinski definition) is 5. The van der Waals surface area contributed by atoms with Crippen molar-refractivity contribution in [2.75, 3.05) is 0 Å². The van der Waals surface area contributed by atoms with Crippen molar-refractivity contribution in [2.24, 2.45) is 7.05 Å². The van der Waals surface area contributed by atoms with Gasteiger partial charge in [-0.2, -0.15) is 0 Å². The summed E-state index contributed by atoms with van der Waals surface area (Å²) in [5, 5.41) is 19.7. The molecule has 0 bridgehead atoms. The summed E-state index contributed by atoms with van der Waals surface area (Å²) in [6, 6.07) is 11.2. The minimum Gasteiger partial charge on any atom is -0.506 e. The van der Waals surface area contributed by atoms with E-state index in [4.69, 9.17) is 23.8 Å². The van der Waals surface area contributed by atoms with Gasteiger partial charge in [0, 0.05) is 12.7 Å². The summed E-state index contributed by atoms with van der Waals surface area (Å²) in [5.74, 6) is 0.0142. The van der Waals surface area contributed by atoms with Crippen molar-refractivity contribution in [3.63, 3.8) is 0 Å². The van der Waals surface area contributed by atoms with Crippen LogP contribution >= 0.6 is 23.8 Å². The van der Waals surface area contributed by atoms with Crippen LogP contribution in [0.2, 0.25) is 5.02 Å². The van der Waals surface area contributed by atoms with Gasteiger partial charge in [0.2, 0.25) is 0 Å². The lowest BCUT2D eigenvalue weighted by atomic mass is 9.95. The normalized spacial score (nSPS) is 16.0. The molecule has 164 valence electrons. The number of phenols is 1. The van der Waals surface area contributed by atoms with E-state index in [1.54, 1.807) is 50.4 Å². The van der Waals surface area contributed by atoms with E-state index in [9.17, 15) is 14.7 Å². The molecule has 0 saturated heterocycles. The summed E-state index contributed by atoms with van der Waals surface area (Å²) in [6.07, 6.45) is 0. The Morgan fingerprint density at radius 2 is 2.06 bits per heavy atom. The van der Waals surface area contributed by atoms with Gasteiger partial charge in [0.25, 0.3) is 11.5 Å². The standard InChI is InChI=1S/C22H20ClN5O3S/c1-11-18(19(27-22(32)25-11)12-7-8-16(29)14(23)9-12)20(30)24-10-17-26-15-6-4-3-5-13(15)21(31)28(17)2/h3-9,19,29H,10H2,1-2H3,(H,24,30)(H2,25,27,32). The van der Waals surface area contributed by atoms with Crippen LogP contribution in [0.1, 0.15) is 24.4 Å². The molecule has 2 aromatic carbocycles. The van der Waals surface area contributed by atoms with Gasteiger partial charge in [-0.05, 0) is 49.0 Å². The zero-order chi connectivity index (χ0) is 23.0. The van der Waals surface area contributed by atoms with Crippen molar-refractivity contribution in [2.45, 2.75) is 19.5 Å². The van der Waals surface area contributed by atoms with Crippen molar-refractivity contribution in [1.82, 2.24) is 25.5 Å². The van der Waals surface area contributed by atoms with Crippen LogP contribution in [0.3, 0.4) is 0 Å². The van der Waals surface area contributed by atoms with Crippen LogP contribution in [0.5, 0.6) is 5.75 Å². The maximum atomic E-state index is 13.2. The Morgan fingerprint density at radius 1 is 1.31 bits per heavy atom. The number of benzene rings is 2. The first-order chi connectivity index (χ1) is 15.3. The minimum atomic E-state index is -0.574. The molecule has 0 fully saturated rings. The third-order valence-electron chi connectivity index (χ3n) is 5.30. The minimum absolute atomic E-state index is 0.0538. The molecule has 1 aliphatic heterocycles. The lowest BCUT2D eigenvalue weighted by molar-refractivity contribution is -0.118. The van der Waals surface area contributed by atoms with E-state index < -0.39 is 6.04 Å². The predicted molar refractivity (Wildman–Crippen MR) is 126 cm³/mol. The molecule has 10 heteroatoms. The van der Waals surface area contributed by atoms with Gasteiger partial charge in [0.05, 0.1) is 34.1 Å². The fraction of sp³-hybridized carbons (Fsp3) is 0.182. The molecule has 32 heavy (non-hydrogen) atoms. The van der Waals surface area contributed by atoms with Crippen LogP contribution in [0, 0.1) is 0 Å². The number of nitrogens with zero attached hydrogens (tertiary/aromatic N) is 2. The average molecular weight is 470 g/mol. The van der Waals surface area contributed by atoms with Crippen molar-refractivity contribution < 1.29 is 9.90 Å². The monoisotopic (exact) mass is 469 g/mol. The summed E-state index contributed by atoms with van der Waals surface area (Å²) in [7, 11) is 1.62. The lowest BCUT2D eigenvalue weighted by Gasteiger charge is -2.30. The Hall–Kier alpha value is -3.43. The average Bonchev–Trinajstić information content (AvgIpc) is 2.76. The van der Waals surface area contributed by atoms with Gasteiger partial charge in [0.1, 0.15) is 11.6 Å². The SMILES string of the molecule is CC1=C(C(=O)NCc2nc3ccccc3c(=O)n2C)C(c2ccc(O)c(Cl)c2)NC(=S)N1. The van der Waals surface area contributed by atoms with Crippen LogP contribution in [0.4, 0.5) is 0 Å². The summed E-state index contributed by atoms with van der Waals surface area (Å²) in [5.41, 5.74) is 2.04. The number of amides is 1. The van der Waals surface area contributed by atoms with E-state index in [-0.39, 0.29) is 28.8 Å². The second-order valence-corrected chi connectivity index (χ2v) is 8.19. The molecule has 1 unspecified atom stereocenters. The highest BCUT2D eigenvalue weighted by Gasteiger charge is 2.30. The Balaban J connectivity index is 1.64. The number of fused-ring (bicyclic) bond motifs is 1. The number of hydrogen-bond donors (Lipinski definition) is 4. The molecule has 0 saturated carbocycles. The number of carbonyl (C=O) groups is 1. The zero-order valence-corrected chi connectivity index (χ0v) is 18.8. The Labute approximate surface area is 193 Å².